The van der Waals surface area contributed by atoms with Crippen LogP contribution in [0.3, 0.4) is 0 Å². The van der Waals surface area contributed by atoms with E-state index in [1.165, 1.54) is 22.0 Å². The van der Waals surface area contributed by atoms with Crippen LogP contribution in [0, 0.1) is 0 Å². The monoisotopic (exact) mass is 300 g/mol. The summed E-state index contributed by atoms with van der Waals surface area (Å²) in [7, 11) is 3.14. The molecular formula is C12H16N2O5S. The SMILES string of the molecule is COCCOc1nc2c(s1)c(O)cc(=O)n2CCOC. The topological polar surface area (TPSA) is 82.8 Å². The summed E-state index contributed by atoms with van der Waals surface area (Å²) in [5.74, 6) is -0.0854. The lowest BCUT2D eigenvalue weighted by atomic mass is 10.4. The molecule has 0 radical (unpaired) electrons. The molecule has 1 N–H and O–H groups in total. The maximum absolute atomic E-state index is 11.9. The van der Waals surface area contributed by atoms with Gasteiger partial charge in [0, 0.05) is 20.3 Å². The summed E-state index contributed by atoms with van der Waals surface area (Å²) in [5.41, 5.74) is 0.0882. The van der Waals surface area contributed by atoms with Crippen LogP contribution in [-0.4, -0.2) is 48.7 Å². The van der Waals surface area contributed by atoms with E-state index >= 15 is 0 Å². The fraction of sp³-hybridized carbons (Fsp3) is 0.500. The summed E-state index contributed by atoms with van der Waals surface area (Å²) < 4.78 is 17.2. The lowest BCUT2D eigenvalue weighted by Gasteiger charge is -2.05. The molecule has 0 aliphatic rings. The second kappa shape index (κ2) is 6.69. The van der Waals surface area contributed by atoms with Crippen molar-refractivity contribution < 1.29 is 19.3 Å². The molecule has 0 spiro atoms. The van der Waals surface area contributed by atoms with E-state index in [0.717, 1.165) is 0 Å². The van der Waals surface area contributed by atoms with Gasteiger partial charge in [-0.25, -0.2) is 0 Å². The average molecular weight is 300 g/mol. The standard InChI is InChI=1S/C12H16N2O5S/c1-17-4-3-14-9(16)7-8(15)10-11(14)13-12(20-10)19-6-5-18-2/h7,15H,3-6H2,1-2H3. The molecule has 0 bridgehead atoms. The van der Waals surface area contributed by atoms with Crippen molar-refractivity contribution in [1.29, 1.82) is 0 Å². The number of aromatic hydroxyl groups is 1. The summed E-state index contributed by atoms with van der Waals surface area (Å²) in [4.78, 5) is 16.1. The molecule has 2 aromatic heterocycles. The number of hydrogen-bond acceptors (Lipinski definition) is 7. The van der Waals surface area contributed by atoms with Crippen LogP contribution in [0.1, 0.15) is 0 Å². The molecule has 0 aromatic carbocycles. The second-order valence-electron chi connectivity index (χ2n) is 3.99. The van der Waals surface area contributed by atoms with Crippen LogP contribution in [0.25, 0.3) is 10.3 Å². The van der Waals surface area contributed by atoms with Gasteiger partial charge in [-0.15, -0.1) is 0 Å². The minimum atomic E-state index is -0.319. The Bertz CT molecular complexity index is 637. The van der Waals surface area contributed by atoms with Gasteiger partial charge in [0.2, 0.25) is 0 Å². The van der Waals surface area contributed by atoms with Gasteiger partial charge in [-0.2, -0.15) is 4.98 Å². The van der Waals surface area contributed by atoms with E-state index in [1.54, 1.807) is 14.2 Å². The summed E-state index contributed by atoms with van der Waals surface area (Å²) in [5, 5.41) is 10.2. The van der Waals surface area contributed by atoms with Gasteiger partial charge < -0.3 is 19.3 Å². The predicted octanol–water partition coefficient (Wildman–Crippen LogP) is 0.835. The molecular weight excluding hydrogens is 284 g/mol. The zero-order valence-corrected chi connectivity index (χ0v) is 12.1. The molecule has 110 valence electrons. The first-order valence-electron chi connectivity index (χ1n) is 6.01. The first-order valence-corrected chi connectivity index (χ1v) is 6.83. The molecule has 0 amide bonds. The van der Waals surface area contributed by atoms with Gasteiger partial charge in [-0.05, 0) is 0 Å². The highest BCUT2D eigenvalue weighted by molar-refractivity contribution is 7.20. The Labute approximate surface area is 119 Å². The number of nitrogens with zero attached hydrogens (tertiary/aromatic N) is 2. The summed E-state index contributed by atoms with van der Waals surface area (Å²) in [6.45, 7) is 1.56. The Balaban J connectivity index is 2.37. The maximum atomic E-state index is 11.9. The fourth-order valence-corrected chi connectivity index (χ4v) is 2.54. The largest absolute Gasteiger partial charge is 0.506 e. The van der Waals surface area contributed by atoms with Crippen molar-refractivity contribution in [2.24, 2.45) is 0 Å². The van der Waals surface area contributed by atoms with Crippen LogP contribution < -0.4 is 10.3 Å². The third-order valence-corrected chi connectivity index (χ3v) is 3.62. The fourth-order valence-electron chi connectivity index (χ4n) is 1.68. The zero-order valence-electron chi connectivity index (χ0n) is 11.3. The Morgan fingerprint density at radius 1 is 1.30 bits per heavy atom. The van der Waals surface area contributed by atoms with Gasteiger partial charge in [0.1, 0.15) is 17.1 Å². The molecule has 0 aliphatic heterocycles. The molecule has 2 rings (SSSR count). The van der Waals surface area contributed by atoms with Crippen LogP contribution in [-0.2, 0) is 16.0 Å². The molecule has 7 nitrogen and oxygen atoms in total. The van der Waals surface area contributed by atoms with E-state index in [1.807, 2.05) is 0 Å². The molecule has 8 heteroatoms. The molecule has 2 heterocycles. The van der Waals surface area contributed by atoms with Crippen molar-refractivity contribution in [2.75, 3.05) is 34.0 Å². The number of pyridine rings is 1. The second-order valence-corrected chi connectivity index (χ2v) is 4.95. The van der Waals surface area contributed by atoms with Crippen LogP contribution in [0.2, 0.25) is 0 Å². The van der Waals surface area contributed by atoms with Gasteiger partial charge in [-0.1, -0.05) is 11.3 Å². The minimum absolute atomic E-state index is 0.0854. The molecule has 0 aliphatic carbocycles. The number of hydrogen-bond donors (Lipinski definition) is 1. The smallest absolute Gasteiger partial charge is 0.276 e. The lowest BCUT2D eigenvalue weighted by Crippen LogP contribution is -2.21. The number of methoxy groups -OCH3 is 2. The van der Waals surface area contributed by atoms with Crippen LogP contribution in [0.5, 0.6) is 10.9 Å². The van der Waals surface area contributed by atoms with Crippen LogP contribution in [0.4, 0.5) is 0 Å². The number of rotatable bonds is 7. The number of thiazole rings is 1. The van der Waals surface area contributed by atoms with E-state index < -0.39 is 0 Å². The lowest BCUT2D eigenvalue weighted by molar-refractivity contribution is 0.146. The maximum Gasteiger partial charge on any atom is 0.276 e. The van der Waals surface area contributed by atoms with Crippen molar-refractivity contribution in [3.05, 3.63) is 16.4 Å². The van der Waals surface area contributed by atoms with Crippen LogP contribution >= 0.6 is 11.3 Å². The predicted molar refractivity (Wildman–Crippen MR) is 74.8 cm³/mol. The van der Waals surface area contributed by atoms with E-state index in [9.17, 15) is 9.90 Å². The van der Waals surface area contributed by atoms with E-state index in [4.69, 9.17) is 14.2 Å². The third-order valence-electron chi connectivity index (χ3n) is 2.64. The first kappa shape index (κ1) is 14.8. The van der Waals surface area contributed by atoms with Crippen LogP contribution in [0.15, 0.2) is 10.9 Å². The molecule has 0 saturated heterocycles. The zero-order chi connectivity index (χ0) is 14.5. The van der Waals surface area contributed by atoms with E-state index in [-0.39, 0.29) is 11.3 Å². The van der Waals surface area contributed by atoms with Gasteiger partial charge in [0.25, 0.3) is 10.8 Å². The highest BCUT2D eigenvalue weighted by atomic mass is 32.1. The Kier molecular flexibility index (Phi) is 4.94. The summed E-state index contributed by atoms with van der Waals surface area (Å²) in [6.07, 6.45) is 0. The summed E-state index contributed by atoms with van der Waals surface area (Å²) in [6, 6.07) is 1.18. The third kappa shape index (κ3) is 3.09. The van der Waals surface area contributed by atoms with Crippen molar-refractivity contribution in [2.45, 2.75) is 6.54 Å². The van der Waals surface area contributed by atoms with Gasteiger partial charge in [0.15, 0.2) is 5.65 Å². The van der Waals surface area contributed by atoms with Gasteiger partial charge in [0.05, 0.1) is 19.8 Å². The molecule has 2 aromatic rings. The van der Waals surface area contributed by atoms with Gasteiger partial charge in [-0.3, -0.25) is 9.36 Å². The Morgan fingerprint density at radius 2 is 2.05 bits per heavy atom. The normalized spacial score (nSPS) is 11.1. The van der Waals surface area contributed by atoms with Crippen molar-refractivity contribution in [3.8, 4) is 10.9 Å². The van der Waals surface area contributed by atoms with E-state index in [0.29, 0.717) is 41.9 Å². The van der Waals surface area contributed by atoms with E-state index in [2.05, 4.69) is 4.98 Å². The Morgan fingerprint density at radius 3 is 2.75 bits per heavy atom. The van der Waals surface area contributed by atoms with Crippen molar-refractivity contribution >= 4 is 21.7 Å². The quantitative estimate of drug-likeness (QED) is 0.763. The number of ether oxygens (including phenoxy) is 3. The minimum Gasteiger partial charge on any atom is -0.506 e. The highest BCUT2D eigenvalue weighted by Crippen LogP contribution is 2.32. The Hall–Kier alpha value is -1.64. The molecule has 0 unspecified atom stereocenters. The molecule has 0 fully saturated rings. The first-order chi connectivity index (χ1) is 9.67. The molecule has 0 atom stereocenters. The number of fused-ring (bicyclic) bond motifs is 1. The summed E-state index contributed by atoms with van der Waals surface area (Å²) >= 11 is 1.19. The van der Waals surface area contributed by atoms with Crippen molar-refractivity contribution in [1.82, 2.24) is 9.55 Å². The number of aromatic nitrogens is 2. The van der Waals surface area contributed by atoms with Crippen molar-refractivity contribution in [3.63, 3.8) is 0 Å². The highest BCUT2D eigenvalue weighted by Gasteiger charge is 2.14. The van der Waals surface area contributed by atoms with Gasteiger partial charge >= 0.3 is 0 Å². The molecule has 20 heavy (non-hydrogen) atoms. The molecule has 0 saturated carbocycles. The average Bonchev–Trinajstić information content (AvgIpc) is 2.83.